The van der Waals surface area contributed by atoms with E-state index in [4.69, 9.17) is 9.84 Å². The predicted octanol–water partition coefficient (Wildman–Crippen LogP) is 1.18. The molecule has 1 fully saturated rings. The quantitative estimate of drug-likeness (QED) is 0.630. The Kier molecular flexibility index (Phi) is 3.16. The second kappa shape index (κ2) is 3.94. The number of hydrogen-bond donors (Lipinski definition) is 1. The first kappa shape index (κ1) is 8.02. The molecule has 1 rings (SSSR count). The van der Waals surface area contributed by atoms with E-state index in [1.807, 2.05) is 0 Å². The average Bonchev–Trinajstić information content (AvgIpc) is 1.95. The van der Waals surface area contributed by atoms with Crippen molar-refractivity contribution in [2.75, 3.05) is 13.7 Å². The van der Waals surface area contributed by atoms with Gasteiger partial charge in [-0.15, -0.1) is 0 Å². The van der Waals surface area contributed by atoms with Crippen molar-refractivity contribution in [3.05, 3.63) is 0 Å². The maximum atomic E-state index is 9.15. The van der Waals surface area contributed by atoms with Gasteiger partial charge in [-0.25, -0.2) is 0 Å². The van der Waals surface area contributed by atoms with Crippen molar-refractivity contribution in [2.45, 2.75) is 31.8 Å². The van der Waals surface area contributed by atoms with Crippen molar-refractivity contribution >= 4 is 0 Å². The van der Waals surface area contributed by atoms with Crippen molar-refractivity contribution in [3.8, 4) is 0 Å². The van der Waals surface area contributed by atoms with Crippen LogP contribution >= 0.6 is 0 Å². The lowest BCUT2D eigenvalue weighted by atomic mass is 9.88. The van der Waals surface area contributed by atoms with Crippen molar-refractivity contribution in [3.63, 3.8) is 0 Å². The number of methoxy groups -OCH3 is 1. The lowest BCUT2D eigenvalue weighted by Gasteiger charge is -2.24. The van der Waals surface area contributed by atoms with Crippen molar-refractivity contribution in [1.82, 2.24) is 0 Å². The Hall–Kier alpha value is -0.0800. The molecule has 60 valence electrons. The third-order valence-electron chi connectivity index (χ3n) is 2.22. The minimum absolute atomic E-state index is 0.0342. The molecule has 0 amide bonds. The van der Waals surface area contributed by atoms with Gasteiger partial charge < -0.3 is 9.84 Å². The number of aliphatic hydroxyl groups is 1. The Labute approximate surface area is 62.2 Å². The zero-order valence-corrected chi connectivity index (χ0v) is 6.55. The average molecular weight is 144 g/mol. The number of ether oxygens (including phenoxy) is 1. The second-order valence-corrected chi connectivity index (χ2v) is 3.13. The van der Waals surface area contributed by atoms with Crippen LogP contribution in [0.25, 0.3) is 0 Å². The number of rotatable bonds is 2. The summed E-state index contributed by atoms with van der Waals surface area (Å²) >= 11 is 0. The van der Waals surface area contributed by atoms with E-state index < -0.39 is 0 Å². The first-order valence-electron chi connectivity index (χ1n) is 4.00. The van der Waals surface area contributed by atoms with Crippen LogP contribution < -0.4 is 0 Å². The maximum Gasteiger partial charge on any atom is 0.0540 e. The molecule has 1 saturated carbocycles. The first-order valence-corrected chi connectivity index (χ1v) is 4.00. The third kappa shape index (κ3) is 2.27. The van der Waals surface area contributed by atoms with E-state index in [0.717, 1.165) is 32.3 Å². The van der Waals surface area contributed by atoms with E-state index >= 15 is 0 Å². The summed E-state index contributed by atoms with van der Waals surface area (Å²) in [6.45, 7) is 0.868. The molecule has 0 aliphatic heterocycles. The van der Waals surface area contributed by atoms with E-state index in [-0.39, 0.29) is 6.10 Å². The Morgan fingerprint density at radius 1 is 1.30 bits per heavy atom. The summed E-state index contributed by atoms with van der Waals surface area (Å²) in [5, 5.41) is 9.15. The maximum absolute atomic E-state index is 9.15. The molecule has 0 radical (unpaired) electrons. The molecule has 1 aliphatic rings. The molecule has 0 aromatic carbocycles. The highest BCUT2D eigenvalue weighted by molar-refractivity contribution is 4.70. The number of hydrogen-bond acceptors (Lipinski definition) is 2. The van der Waals surface area contributed by atoms with Crippen LogP contribution in [0.15, 0.2) is 0 Å². The zero-order valence-electron chi connectivity index (χ0n) is 6.55. The highest BCUT2D eigenvalue weighted by Gasteiger charge is 2.18. The van der Waals surface area contributed by atoms with E-state index in [2.05, 4.69) is 0 Å². The summed E-state index contributed by atoms with van der Waals surface area (Å²) in [5.41, 5.74) is 0. The molecule has 2 heteroatoms. The van der Waals surface area contributed by atoms with Gasteiger partial charge in [-0.3, -0.25) is 0 Å². The molecule has 0 spiro atoms. The molecule has 1 N–H and O–H groups in total. The SMILES string of the molecule is COC[C@H]1CC[C@@H](O)CC1. The molecular weight excluding hydrogens is 128 g/mol. The molecule has 10 heavy (non-hydrogen) atoms. The fourth-order valence-corrected chi connectivity index (χ4v) is 1.55. The van der Waals surface area contributed by atoms with Crippen LogP contribution in [0, 0.1) is 5.92 Å². The van der Waals surface area contributed by atoms with Gasteiger partial charge in [-0.1, -0.05) is 0 Å². The predicted molar refractivity (Wildman–Crippen MR) is 39.8 cm³/mol. The van der Waals surface area contributed by atoms with E-state index in [9.17, 15) is 0 Å². The lowest BCUT2D eigenvalue weighted by Crippen LogP contribution is -2.20. The molecule has 0 unspecified atom stereocenters. The summed E-state index contributed by atoms with van der Waals surface area (Å²) in [6, 6.07) is 0. The van der Waals surface area contributed by atoms with Gasteiger partial charge in [0, 0.05) is 13.7 Å². The molecular formula is C8H16O2. The Morgan fingerprint density at radius 2 is 1.90 bits per heavy atom. The molecule has 0 aromatic rings. The molecule has 2 nitrogen and oxygen atoms in total. The van der Waals surface area contributed by atoms with Gasteiger partial charge in [0.25, 0.3) is 0 Å². The van der Waals surface area contributed by atoms with Crippen LogP contribution in [0.5, 0.6) is 0 Å². The zero-order chi connectivity index (χ0) is 7.40. The molecule has 0 saturated heterocycles. The molecule has 0 atom stereocenters. The van der Waals surface area contributed by atoms with Gasteiger partial charge in [0.05, 0.1) is 6.10 Å². The normalized spacial score (nSPS) is 34.2. The minimum atomic E-state index is -0.0342. The largest absolute Gasteiger partial charge is 0.393 e. The highest BCUT2D eigenvalue weighted by atomic mass is 16.5. The van der Waals surface area contributed by atoms with Gasteiger partial charge in [-0.2, -0.15) is 0 Å². The summed E-state index contributed by atoms with van der Waals surface area (Å²) in [4.78, 5) is 0. The summed E-state index contributed by atoms with van der Waals surface area (Å²) < 4.78 is 5.03. The number of aliphatic hydroxyl groups excluding tert-OH is 1. The molecule has 0 heterocycles. The van der Waals surface area contributed by atoms with Crippen LogP contribution in [-0.4, -0.2) is 24.9 Å². The Balaban J connectivity index is 2.13. The highest BCUT2D eigenvalue weighted by Crippen LogP contribution is 2.23. The summed E-state index contributed by atoms with van der Waals surface area (Å²) in [5.74, 6) is 0.702. The Bertz CT molecular complexity index is 85.3. The minimum Gasteiger partial charge on any atom is -0.393 e. The van der Waals surface area contributed by atoms with Gasteiger partial charge in [0.1, 0.15) is 0 Å². The van der Waals surface area contributed by atoms with Gasteiger partial charge in [0.2, 0.25) is 0 Å². The standard InChI is InChI=1S/C8H16O2/c1-10-6-7-2-4-8(9)5-3-7/h7-9H,2-6H2,1H3/t7-,8+. The monoisotopic (exact) mass is 144 g/mol. The van der Waals surface area contributed by atoms with Crippen LogP contribution in [0.3, 0.4) is 0 Å². The molecule has 0 aromatic heterocycles. The van der Waals surface area contributed by atoms with Crippen LogP contribution in [-0.2, 0) is 4.74 Å². The van der Waals surface area contributed by atoms with E-state index in [1.165, 1.54) is 0 Å². The van der Waals surface area contributed by atoms with Crippen molar-refractivity contribution < 1.29 is 9.84 Å². The van der Waals surface area contributed by atoms with Crippen LogP contribution in [0.4, 0.5) is 0 Å². The second-order valence-electron chi connectivity index (χ2n) is 3.13. The summed E-state index contributed by atoms with van der Waals surface area (Å²) in [6.07, 6.45) is 4.17. The van der Waals surface area contributed by atoms with E-state index in [1.54, 1.807) is 7.11 Å². The fraction of sp³-hybridized carbons (Fsp3) is 1.00. The first-order chi connectivity index (χ1) is 4.83. The third-order valence-corrected chi connectivity index (χ3v) is 2.22. The van der Waals surface area contributed by atoms with Gasteiger partial charge >= 0.3 is 0 Å². The lowest BCUT2D eigenvalue weighted by molar-refractivity contribution is 0.0717. The van der Waals surface area contributed by atoms with Crippen molar-refractivity contribution in [1.29, 1.82) is 0 Å². The van der Waals surface area contributed by atoms with Gasteiger partial charge in [-0.05, 0) is 31.6 Å². The Morgan fingerprint density at radius 3 is 2.40 bits per heavy atom. The van der Waals surface area contributed by atoms with Crippen LogP contribution in [0.1, 0.15) is 25.7 Å². The van der Waals surface area contributed by atoms with Gasteiger partial charge in [0.15, 0.2) is 0 Å². The fourth-order valence-electron chi connectivity index (χ4n) is 1.55. The smallest absolute Gasteiger partial charge is 0.0540 e. The molecule has 0 bridgehead atoms. The van der Waals surface area contributed by atoms with Crippen molar-refractivity contribution in [2.24, 2.45) is 5.92 Å². The summed E-state index contributed by atoms with van der Waals surface area (Å²) in [7, 11) is 1.74. The topological polar surface area (TPSA) is 29.5 Å². The molecule has 1 aliphatic carbocycles. The van der Waals surface area contributed by atoms with E-state index in [0.29, 0.717) is 5.92 Å². The van der Waals surface area contributed by atoms with Crippen LogP contribution in [0.2, 0.25) is 0 Å².